The molecule has 2 aliphatic rings. The summed E-state index contributed by atoms with van der Waals surface area (Å²) in [5.74, 6) is 1.07. The average Bonchev–Trinajstić information content (AvgIpc) is 3.39. The summed E-state index contributed by atoms with van der Waals surface area (Å²) in [6.45, 7) is 7.08. The molecule has 2 saturated heterocycles. The first-order chi connectivity index (χ1) is 15.5. The number of aromatic nitrogens is 4. The largest absolute Gasteiger partial charge is 0.489 e. The van der Waals surface area contributed by atoms with Crippen molar-refractivity contribution in [3.05, 3.63) is 36.4 Å². The highest BCUT2D eigenvalue weighted by Crippen LogP contribution is 2.32. The molecule has 9 heteroatoms. The Kier molecular flexibility index (Phi) is 5.31. The number of ether oxygens (including phenoxy) is 1. The molecule has 0 saturated carbocycles. The van der Waals surface area contributed by atoms with Gasteiger partial charge in [0.1, 0.15) is 22.9 Å². The van der Waals surface area contributed by atoms with E-state index in [0.717, 1.165) is 50.1 Å². The number of carbonyl (C=O) groups is 1. The maximum absolute atomic E-state index is 12.5. The van der Waals surface area contributed by atoms with Crippen molar-refractivity contribution in [2.24, 2.45) is 5.92 Å². The third kappa shape index (κ3) is 3.71. The minimum atomic E-state index is -0.0261. The lowest BCUT2D eigenvalue weighted by Gasteiger charge is -2.37. The second-order valence-electron chi connectivity index (χ2n) is 8.84. The topological polar surface area (TPSA) is 100 Å². The maximum atomic E-state index is 12.5. The summed E-state index contributed by atoms with van der Waals surface area (Å²) in [7, 11) is 0. The average molecular weight is 434 g/mol. The molecule has 0 spiro atoms. The standard InChI is InChI=1S/C23H27N7O2/c1-15(2)32-21-7-16(13-30-22(21)17(8-24)11-27-30)19-12-26-29(14-19)20-3-5-28(6-4-20)23(31)18-9-25-10-18/h7,11-15,18,20,25H,3-6,9-10H2,1-2H3. The number of rotatable bonds is 5. The first kappa shape index (κ1) is 20.5. The number of nitriles is 1. The molecule has 0 atom stereocenters. The molecule has 0 aromatic carbocycles. The lowest BCUT2D eigenvalue weighted by atomic mass is 9.98. The lowest BCUT2D eigenvalue weighted by molar-refractivity contribution is -0.138. The molecule has 3 aromatic rings. The van der Waals surface area contributed by atoms with Crippen LogP contribution >= 0.6 is 0 Å². The van der Waals surface area contributed by atoms with Gasteiger partial charge in [0.25, 0.3) is 0 Å². The first-order valence-electron chi connectivity index (χ1n) is 11.2. The van der Waals surface area contributed by atoms with Gasteiger partial charge in [-0.15, -0.1) is 0 Å². The van der Waals surface area contributed by atoms with Crippen LogP contribution in [0.2, 0.25) is 0 Å². The number of nitrogens with one attached hydrogen (secondary N) is 1. The predicted molar refractivity (Wildman–Crippen MR) is 118 cm³/mol. The van der Waals surface area contributed by atoms with Crippen molar-refractivity contribution in [2.45, 2.75) is 38.8 Å². The van der Waals surface area contributed by atoms with E-state index in [-0.39, 0.29) is 24.0 Å². The summed E-state index contributed by atoms with van der Waals surface area (Å²) in [6.07, 6.45) is 9.14. The molecular formula is C23H27N7O2. The van der Waals surface area contributed by atoms with Crippen LogP contribution in [0.5, 0.6) is 5.75 Å². The predicted octanol–water partition coefficient (Wildman–Crippen LogP) is 2.24. The smallest absolute Gasteiger partial charge is 0.228 e. The third-order valence-electron chi connectivity index (χ3n) is 6.28. The third-order valence-corrected chi connectivity index (χ3v) is 6.28. The van der Waals surface area contributed by atoms with Crippen LogP contribution in [0.3, 0.4) is 0 Å². The summed E-state index contributed by atoms with van der Waals surface area (Å²) in [6, 6.07) is 4.41. The Morgan fingerprint density at radius 2 is 1.97 bits per heavy atom. The highest BCUT2D eigenvalue weighted by molar-refractivity contribution is 5.80. The van der Waals surface area contributed by atoms with Gasteiger partial charge in [0.2, 0.25) is 5.91 Å². The Morgan fingerprint density at radius 1 is 1.19 bits per heavy atom. The van der Waals surface area contributed by atoms with Crippen molar-refractivity contribution in [3.8, 4) is 22.9 Å². The van der Waals surface area contributed by atoms with Gasteiger partial charge in [-0.25, -0.2) is 4.52 Å². The van der Waals surface area contributed by atoms with E-state index in [9.17, 15) is 10.1 Å². The van der Waals surface area contributed by atoms with Gasteiger partial charge < -0.3 is 15.0 Å². The molecule has 1 amide bonds. The van der Waals surface area contributed by atoms with Crippen molar-refractivity contribution in [2.75, 3.05) is 26.2 Å². The van der Waals surface area contributed by atoms with Gasteiger partial charge in [0, 0.05) is 49.7 Å². The van der Waals surface area contributed by atoms with E-state index in [1.807, 2.05) is 48.1 Å². The minimum Gasteiger partial charge on any atom is -0.489 e. The number of likely N-dealkylation sites (tertiary alicyclic amines) is 1. The number of piperidine rings is 1. The molecule has 9 nitrogen and oxygen atoms in total. The van der Waals surface area contributed by atoms with Crippen LogP contribution in [-0.4, -0.2) is 62.5 Å². The zero-order valence-corrected chi connectivity index (χ0v) is 18.4. The number of nitrogens with zero attached hydrogens (tertiary/aromatic N) is 6. The quantitative estimate of drug-likeness (QED) is 0.662. The van der Waals surface area contributed by atoms with Crippen LogP contribution in [0.15, 0.2) is 30.9 Å². The van der Waals surface area contributed by atoms with Crippen LogP contribution in [0.4, 0.5) is 0 Å². The zero-order chi connectivity index (χ0) is 22.2. The molecule has 2 aliphatic heterocycles. The first-order valence-corrected chi connectivity index (χ1v) is 11.2. The monoisotopic (exact) mass is 433 g/mol. The maximum Gasteiger partial charge on any atom is 0.228 e. The second-order valence-corrected chi connectivity index (χ2v) is 8.84. The number of pyridine rings is 1. The normalized spacial score (nSPS) is 17.5. The fraction of sp³-hybridized carbons (Fsp3) is 0.478. The molecule has 0 bridgehead atoms. The molecule has 0 aliphatic carbocycles. The van der Waals surface area contributed by atoms with E-state index in [0.29, 0.717) is 16.8 Å². The van der Waals surface area contributed by atoms with Gasteiger partial charge in [0.05, 0.1) is 30.5 Å². The number of hydrogen-bond donors (Lipinski definition) is 1. The lowest BCUT2D eigenvalue weighted by Crippen LogP contribution is -2.53. The molecule has 5 rings (SSSR count). The molecule has 1 N–H and O–H groups in total. The Morgan fingerprint density at radius 3 is 2.62 bits per heavy atom. The van der Waals surface area contributed by atoms with Crippen LogP contribution < -0.4 is 10.1 Å². The van der Waals surface area contributed by atoms with E-state index in [1.54, 1.807) is 10.7 Å². The van der Waals surface area contributed by atoms with E-state index in [4.69, 9.17) is 4.74 Å². The van der Waals surface area contributed by atoms with Crippen LogP contribution in [-0.2, 0) is 4.79 Å². The summed E-state index contributed by atoms with van der Waals surface area (Å²) in [5.41, 5.74) is 3.06. The molecule has 166 valence electrons. The zero-order valence-electron chi connectivity index (χ0n) is 18.4. The second kappa shape index (κ2) is 8.28. The van der Waals surface area contributed by atoms with Crippen molar-refractivity contribution in [1.82, 2.24) is 29.6 Å². The molecule has 5 heterocycles. The Balaban J connectivity index is 1.35. The number of amides is 1. The summed E-state index contributed by atoms with van der Waals surface area (Å²) in [4.78, 5) is 14.5. The fourth-order valence-electron chi connectivity index (χ4n) is 4.43. The summed E-state index contributed by atoms with van der Waals surface area (Å²) in [5, 5.41) is 21.5. The Labute approximate surface area is 186 Å². The fourth-order valence-corrected chi connectivity index (χ4v) is 4.43. The summed E-state index contributed by atoms with van der Waals surface area (Å²) >= 11 is 0. The van der Waals surface area contributed by atoms with Gasteiger partial charge in [-0.2, -0.15) is 15.5 Å². The molecule has 2 fully saturated rings. The Bertz CT molecular complexity index is 1180. The highest BCUT2D eigenvalue weighted by atomic mass is 16.5. The van der Waals surface area contributed by atoms with E-state index >= 15 is 0 Å². The van der Waals surface area contributed by atoms with Crippen molar-refractivity contribution >= 4 is 11.4 Å². The number of fused-ring (bicyclic) bond motifs is 1. The van der Waals surface area contributed by atoms with Gasteiger partial charge in [-0.3, -0.25) is 9.48 Å². The molecule has 0 unspecified atom stereocenters. The van der Waals surface area contributed by atoms with E-state index < -0.39 is 0 Å². The van der Waals surface area contributed by atoms with Gasteiger partial charge in [0.15, 0.2) is 0 Å². The van der Waals surface area contributed by atoms with Crippen LogP contribution in [0, 0.1) is 17.2 Å². The molecule has 0 radical (unpaired) electrons. The SMILES string of the molecule is CC(C)Oc1cc(-c2cnn(C3CCN(C(=O)C4CNC4)CC3)c2)cn2ncc(C#N)c12. The van der Waals surface area contributed by atoms with E-state index in [2.05, 4.69) is 21.6 Å². The number of carbonyl (C=O) groups excluding carboxylic acids is 1. The van der Waals surface area contributed by atoms with E-state index in [1.165, 1.54) is 0 Å². The van der Waals surface area contributed by atoms with Gasteiger partial charge in [-0.1, -0.05) is 0 Å². The van der Waals surface area contributed by atoms with Crippen molar-refractivity contribution in [3.63, 3.8) is 0 Å². The molecule has 32 heavy (non-hydrogen) atoms. The van der Waals surface area contributed by atoms with Crippen LogP contribution in [0.25, 0.3) is 16.6 Å². The minimum absolute atomic E-state index is 0.0261. The van der Waals surface area contributed by atoms with Crippen molar-refractivity contribution in [1.29, 1.82) is 5.26 Å². The molecule has 3 aromatic heterocycles. The van der Waals surface area contributed by atoms with Crippen molar-refractivity contribution < 1.29 is 9.53 Å². The Hall–Kier alpha value is -3.38. The van der Waals surface area contributed by atoms with Gasteiger partial charge in [-0.05, 0) is 32.8 Å². The van der Waals surface area contributed by atoms with Crippen LogP contribution in [0.1, 0.15) is 38.3 Å². The highest BCUT2D eigenvalue weighted by Gasteiger charge is 2.32. The number of hydrogen-bond acceptors (Lipinski definition) is 6. The molecular weight excluding hydrogens is 406 g/mol. The summed E-state index contributed by atoms with van der Waals surface area (Å²) < 4.78 is 9.71. The van der Waals surface area contributed by atoms with Gasteiger partial charge >= 0.3 is 0 Å².